The van der Waals surface area contributed by atoms with E-state index >= 15 is 0 Å². The van der Waals surface area contributed by atoms with Crippen molar-refractivity contribution >= 4 is 49.6 Å². The van der Waals surface area contributed by atoms with Crippen LogP contribution in [0.25, 0.3) is 22.3 Å². The first-order chi connectivity index (χ1) is 22.4. The number of ether oxygens (including phenoxy) is 2. The van der Waals surface area contributed by atoms with E-state index in [9.17, 15) is 24.1 Å². The molecule has 2 bridgehead atoms. The van der Waals surface area contributed by atoms with Crippen LogP contribution >= 0.6 is 15.5 Å². The predicted octanol–water partition coefficient (Wildman–Crippen LogP) is -1.89. The van der Waals surface area contributed by atoms with Gasteiger partial charge in [0.1, 0.15) is 48.5 Å². The Kier molecular flexibility index (Phi) is 8.14. The number of nitrogens with one attached hydrogen (secondary N) is 3. The molecule has 3 saturated heterocycles. The summed E-state index contributed by atoms with van der Waals surface area (Å²) in [6.45, 7) is -1.10. The molecule has 23 nitrogen and oxygen atoms in total. The second-order valence-corrected chi connectivity index (χ2v) is 14.5. The van der Waals surface area contributed by atoms with Crippen molar-refractivity contribution in [3.63, 3.8) is 0 Å². The van der Waals surface area contributed by atoms with Crippen LogP contribution in [0.5, 0.6) is 0 Å². The molecule has 10 atom stereocenters. The van der Waals surface area contributed by atoms with Gasteiger partial charge in [0, 0.05) is 0 Å². The number of imidazole rings is 2. The Bertz CT molecular complexity index is 1970. The number of hydrogen-bond donors (Lipinski definition) is 7. The summed E-state index contributed by atoms with van der Waals surface area (Å²) in [5.41, 5.74) is 11.4. The lowest BCUT2D eigenvalue weighted by Crippen LogP contribution is -2.37. The quantitative estimate of drug-likeness (QED) is 0.114. The van der Waals surface area contributed by atoms with Crippen LogP contribution in [0, 0.1) is 0 Å². The second kappa shape index (κ2) is 11.9. The highest BCUT2D eigenvalue weighted by Crippen LogP contribution is 2.53. The first-order valence-electron chi connectivity index (χ1n) is 14.0. The van der Waals surface area contributed by atoms with E-state index in [4.69, 9.17) is 39.0 Å². The summed E-state index contributed by atoms with van der Waals surface area (Å²) in [6.07, 6.45) is -7.24. The average molecular weight is 701 g/mol. The molecule has 254 valence electrons. The number of nitrogen functional groups attached to an aromatic ring is 2. The molecule has 3 aliphatic rings. The smallest absolute Gasteiger partial charge is 0.387 e. The Balaban J connectivity index is 1.24. The minimum Gasteiger partial charge on any atom is -0.387 e. The molecule has 0 aromatic carbocycles. The van der Waals surface area contributed by atoms with Crippen LogP contribution in [0.4, 0.5) is 11.8 Å². The van der Waals surface area contributed by atoms with E-state index < -0.39 is 83.3 Å². The Morgan fingerprint density at radius 3 is 2.17 bits per heavy atom. The summed E-state index contributed by atoms with van der Waals surface area (Å²) in [5.74, 6) is -0.125. The highest BCUT2D eigenvalue weighted by molar-refractivity contribution is 7.51. The van der Waals surface area contributed by atoms with Crippen molar-refractivity contribution in [1.82, 2.24) is 49.2 Å². The number of aromatic amines is 1. The number of rotatable bonds is 4. The summed E-state index contributed by atoms with van der Waals surface area (Å²) < 4.78 is 65.7. The molecule has 4 aromatic heterocycles. The van der Waals surface area contributed by atoms with E-state index in [-0.39, 0.29) is 34.1 Å². The molecule has 3 fully saturated rings. The normalized spacial score (nSPS) is 36.6. The van der Waals surface area contributed by atoms with Gasteiger partial charge in [0.15, 0.2) is 35.1 Å². The molecular formula is C22H30N12O11P2. The Labute approximate surface area is 263 Å². The first kappa shape index (κ1) is 32.1. The van der Waals surface area contributed by atoms with E-state index in [1.807, 2.05) is 0 Å². The lowest BCUT2D eigenvalue weighted by molar-refractivity contribution is -0.0607. The molecule has 4 aromatic rings. The third-order valence-corrected chi connectivity index (χ3v) is 11.0. The topological polar surface area (TPSA) is 313 Å². The van der Waals surface area contributed by atoms with Gasteiger partial charge >= 0.3 is 15.5 Å². The van der Waals surface area contributed by atoms with E-state index in [1.165, 1.54) is 42.2 Å². The van der Waals surface area contributed by atoms with Gasteiger partial charge in [-0.15, -0.1) is 0 Å². The number of hydrogen-bond acceptors (Lipinski definition) is 18. The number of nitrogens with two attached hydrogens (primary N) is 2. The van der Waals surface area contributed by atoms with E-state index in [1.54, 1.807) is 0 Å². The third-order valence-electron chi connectivity index (χ3n) is 7.89. The molecule has 3 aliphatic heterocycles. The summed E-state index contributed by atoms with van der Waals surface area (Å²) in [5, 5.41) is 27.7. The Morgan fingerprint density at radius 1 is 0.851 bits per heavy atom. The lowest BCUT2D eigenvalue weighted by atomic mass is 10.1. The van der Waals surface area contributed by atoms with Crippen LogP contribution in [0.2, 0.25) is 0 Å². The molecule has 0 aliphatic carbocycles. The monoisotopic (exact) mass is 700 g/mol. The number of aliphatic hydroxyl groups is 2. The molecule has 25 heteroatoms. The molecule has 0 radical (unpaired) electrons. The lowest BCUT2D eigenvalue weighted by Gasteiger charge is -2.28. The zero-order valence-electron chi connectivity index (χ0n) is 24.5. The van der Waals surface area contributed by atoms with Crippen LogP contribution in [0.15, 0.2) is 23.8 Å². The number of H-pyrrole nitrogens is 1. The van der Waals surface area contributed by atoms with Gasteiger partial charge in [-0.2, -0.15) is 4.98 Å². The van der Waals surface area contributed by atoms with E-state index in [0.717, 1.165) is 0 Å². The van der Waals surface area contributed by atoms with Gasteiger partial charge in [-0.05, 0) is 14.1 Å². The van der Waals surface area contributed by atoms with Crippen LogP contribution in [-0.4, -0.2) is 113 Å². The fraction of sp³-hybridized carbons (Fsp3) is 0.545. The summed E-state index contributed by atoms with van der Waals surface area (Å²) in [6, 6.07) is 0. The molecular weight excluding hydrogens is 670 g/mol. The zero-order chi connectivity index (χ0) is 33.2. The van der Waals surface area contributed by atoms with Crippen molar-refractivity contribution in [2.75, 3.05) is 38.8 Å². The molecule has 7 rings (SSSR count). The maximum absolute atomic E-state index is 14.0. The summed E-state index contributed by atoms with van der Waals surface area (Å²) in [7, 11) is -6.02. The van der Waals surface area contributed by atoms with Gasteiger partial charge in [-0.1, -0.05) is 0 Å². The van der Waals surface area contributed by atoms with Gasteiger partial charge in [-0.25, -0.2) is 39.2 Å². The summed E-state index contributed by atoms with van der Waals surface area (Å²) in [4.78, 5) is 35.2. The fourth-order valence-electron chi connectivity index (χ4n) is 5.55. The first-order valence-corrected chi connectivity index (χ1v) is 17.1. The van der Waals surface area contributed by atoms with Crippen LogP contribution in [0.3, 0.4) is 0 Å². The molecule has 47 heavy (non-hydrogen) atoms. The summed E-state index contributed by atoms with van der Waals surface area (Å²) >= 11 is 0. The van der Waals surface area contributed by atoms with Crippen molar-refractivity contribution in [2.45, 2.75) is 49.1 Å². The highest BCUT2D eigenvalue weighted by Gasteiger charge is 2.54. The SMILES string of the molecule is CNP1(=O)OCC2OC(n3cnc4c(=O)[nH]c(N)nc43)C(OP(=O)(NC)OCC3OC(n4cnc5c(N)ncnc54)C(O)C3O1)C2O. The van der Waals surface area contributed by atoms with Crippen molar-refractivity contribution in [3.8, 4) is 0 Å². The fourth-order valence-corrected chi connectivity index (χ4v) is 7.96. The van der Waals surface area contributed by atoms with Crippen molar-refractivity contribution in [2.24, 2.45) is 0 Å². The molecule has 0 spiro atoms. The number of fused-ring (bicyclic) bond motifs is 5. The predicted molar refractivity (Wildman–Crippen MR) is 157 cm³/mol. The minimum atomic E-state index is -4.33. The average Bonchev–Trinajstić information content (AvgIpc) is 3.81. The van der Waals surface area contributed by atoms with Gasteiger partial charge < -0.3 is 31.2 Å². The Hall–Kier alpha value is -3.44. The number of nitrogens with zero attached hydrogens (tertiary/aromatic N) is 7. The number of aliphatic hydroxyl groups excluding tert-OH is 2. The molecule has 0 amide bonds. The second-order valence-electron chi connectivity index (χ2n) is 10.6. The molecule has 0 saturated carbocycles. The standard InChI is InChI=1S/C22H30N12O11P2/c1-25-46(38)40-3-8-12(35)15(21(42-8)34-7-30-11-18(34)31-22(24)32-19(11)37)45-47(39,26-2)41-4-9-14(44-46)13(36)20(43-9)33-6-29-10-16(23)27-5-28-17(10)33/h5-9,12-15,20-21,35-36H,3-4H2,1-2H3,(H,25,38)(H,26,39)(H2,23,27,28)(H3,24,31,32,37). The van der Waals surface area contributed by atoms with Gasteiger partial charge in [0.05, 0.1) is 25.9 Å². The minimum absolute atomic E-state index is 0.0227. The number of aromatic nitrogens is 8. The number of anilines is 2. The van der Waals surface area contributed by atoms with Crippen molar-refractivity contribution < 1.29 is 46.9 Å². The maximum Gasteiger partial charge on any atom is 0.405 e. The maximum atomic E-state index is 14.0. The van der Waals surface area contributed by atoms with Crippen LogP contribution in [0.1, 0.15) is 12.5 Å². The van der Waals surface area contributed by atoms with Crippen molar-refractivity contribution in [1.29, 1.82) is 0 Å². The Morgan fingerprint density at radius 2 is 1.47 bits per heavy atom. The highest BCUT2D eigenvalue weighted by atomic mass is 31.2. The molecule has 10 unspecified atom stereocenters. The van der Waals surface area contributed by atoms with Gasteiger partial charge in [-0.3, -0.25) is 37.0 Å². The van der Waals surface area contributed by atoms with Crippen molar-refractivity contribution in [3.05, 3.63) is 29.3 Å². The van der Waals surface area contributed by atoms with E-state index in [0.29, 0.717) is 0 Å². The van der Waals surface area contributed by atoms with Gasteiger partial charge in [0.2, 0.25) is 5.95 Å². The largest absolute Gasteiger partial charge is 0.405 e. The van der Waals surface area contributed by atoms with Crippen LogP contribution < -0.4 is 27.2 Å². The van der Waals surface area contributed by atoms with Gasteiger partial charge in [0.25, 0.3) is 5.56 Å². The molecule has 9 N–H and O–H groups in total. The molecule has 7 heterocycles. The zero-order valence-corrected chi connectivity index (χ0v) is 26.3. The third kappa shape index (κ3) is 5.53. The van der Waals surface area contributed by atoms with E-state index in [2.05, 4.69) is 40.1 Å². The van der Waals surface area contributed by atoms with Crippen LogP contribution in [-0.2, 0) is 36.7 Å².